The van der Waals surface area contributed by atoms with Crippen LogP contribution in [0.25, 0.3) is 0 Å². The number of hydrogen-bond donors (Lipinski definition) is 1. The molecule has 0 spiro atoms. The third-order valence-electron chi connectivity index (χ3n) is 5.19. The number of carbonyl (C=O) groups is 2. The first-order chi connectivity index (χ1) is 14.1. The summed E-state index contributed by atoms with van der Waals surface area (Å²) in [4.78, 5) is 26.7. The van der Waals surface area contributed by atoms with Gasteiger partial charge >= 0.3 is 0 Å². The van der Waals surface area contributed by atoms with Crippen molar-refractivity contribution in [1.82, 2.24) is 10.2 Å². The van der Waals surface area contributed by atoms with Crippen LogP contribution >= 0.6 is 0 Å². The number of ether oxygens (including phenoxy) is 1. The highest BCUT2D eigenvalue weighted by atomic mass is 19.1. The Morgan fingerprint density at radius 2 is 1.69 bits per heavy atom. The lowest BCUT2D eigenvalue weighted by Crippen LogP contribution is -2.33. The molecule has 0 heterocycles. The highest BCUT2D eigenvalue weighted by molar-refractivity contribution is 5.94. The Bertz CT molecular complexity index is 859. The zero-order chi connectivity index (χ0) is 20.2. The van der Waals surface area contributed by atoms with Crippen LogP contribution in [0.5, 0.6) is 5.75 Å². The van der Waals surface area contributed by atoms with Crippen molar-refractivity contribution in [3.8, 4) is 5.75 Å². The third-order valence-corrected chi connectivity index (χ3v) is 5.19. The molecule has 2 saturated carbocycles. The normalized spacial score (nSPS) is 15.6. The van der Waals surface area contributed by atoms with E-state index in [1.807, 2.05) is 29.2 Å². The van der Waals surface area contributed by atoms with Crippen molar-refractivity contribution in [3.05, 3.63) is 65.5 Å². The third kappa shape index (κ3) is 5.56. The van der Waals surface area contributed by atoms with Gasteiger partial charge in [0.1, 0.15) is 11.6 Å². The molecule has 1 N–H and O–H groups in total. The molecule has 2 aromatic carbocycles. The van der Waals surface area contributed by atoms with E-state index >= 15 is 0 Å². The van der Waals surface area contributed by atoms with Gasteiger partial charge in [-0.1, -0.05) is 12.1 Å². The van der Waals surface area contributed by atoms with Gasteiger partial charge in [-0.25, -0.2) is 4.39 Å². The number of hydrogen-bond acceptors (Lipinski definition) is 3. The van der Waals surface area contributed by atoms with Crippen LogP contribution in [-0.4, -0.2) is 35.4 Å². The molecule has 4 rings (SSSR count). The summed E-state index contributed by atoms with van der Waals surface area (Å²) < 4.78 is 18.5. The molecule has 0 bridgehead atoms. The molecular weight excluding hydrogens is 371 g/mol. The van der Waals surface area contributed by atoms with E-state index in [0.717, 1.165) is 31.2 Å². The lowest BCUT2D eigenvalue weighted by atomic mass is 10.1. The van der Waals surface area contributed by atoms with E-state index in [1.165, 1.54) is 12.1 Å². The molecule has 2 fully saturated rings. The summed E-state index contributed by atoms with van der Waals surface area (Å²) in [6, 6.07) is 13.9. The smallest absolute Gasteiger partial charge is 0.251 e. The van der Waals surface area contributed by atoms with E-state index in [1.54, 1.807) is 12.1 Å². The predicted molar refractivity (Wildman–Crippen MR) is 107 cm³/mol. The number of nitrogens with zero attached hydrogens (tertiary/aromatic N) is 1. The predicted octanol–water partition coefficient (Wildman–Crippen LogP) is 3.68. The first-order valence-electron chi connectivity index (χ1n) is 10.2. The van der Waals surface area contributed by atoms with E-state index in [9.17, 15) is 14.0 Å². The second-order valence-electron chi connectivity index (χ2n) is 7.75. The molecule has 2 aliphatic rings. The number of amides is 2. The lowest BCUT2D eigenvalue weighted by Gasteiger charge is -2.23. The van der Waals surface area contributed by atoms with Crippen molar-refractivity contribution in [1.29, 1.82) is 0 Å². The SMILES string of the molecule is O=C(NC1CC1)c1ccc(CN(C(=O)CCOc2ccc(F)cc2)C2CC2)cc1. The fourth-order valence-electron chi connectivity index (χ4n) is 3.19. The molecule has 0 radical (unpaired) electrons. The van der Waals surface area contributed by atoms with Gasteiger partial charge in [-0.2, -0.15) is 0 Å². The minimum Gasteiger partial charge on any atom is -0.493 e. The fraction of sp³-hybridized carbons (Fsp3) is 0.391. The first kappa shape index (κ1) is 19.4. The maximum atomic E-state index is 12.9. The van der Waals surface area contributed by atoms with Crippen LogP contribution in [0.15, 0.2) is 48.5 Å². The molecule has 2 aliphatic carbocycles. The van der Waals surface area contributed by atoms with Gasteiger partial charge in [-0.15, -0.1) is 0 Å². The zero-order valence-electron chi connectivity index (χ0n) is 16.3. The summed E-state index contributed by atoms with van der Waals surface area (Å²) in [6.07, 6.45) is 4.44. The Labute approximate surface area is 169 Å². The Kier molecular flexibility index (Phi) is 5.79. The van der Waals surface area contributed by atoms with Crippen molar-refractivity contribution in [2.45, 2.75) is 50.7 Å². The summed E-state index contributed by atoms with van der Waals surface area (Å²) in [7, 11) is 0. The highest BCUT2D eigenvalue weighted by Gasteiger charge is 2.32. The molecule has 0 saturated heterocycles. The van der Waals surface area contributed by atoms with Crippen molar-refractivity contribution >= 4 is 11.8 Å². The van der Waals surface area contributed by atoms with E-state index in [2.05, 4.69) is 5.32 Å². The summed E-state index contributed by atoms with van der Waals surface area (Å²) in [5, 5.41) is 2.98. The lowest BCUT2D eigenvalue weighted by molar-refractivity contribution is -0.132. The van der Waals surface area contributed by atoms with Crippen LogP contribution in [-0.2, 0) is 11.3 Å². The second kappa shape index (κ2) is 8.64. The maximum absolute atomic E-state index is 12.9. The molecule has 5 nitrogen and oxygen atoms in total. The van der Waals surface area contributed by atoms with Crippen molar-refractivity contribution in [3.63, 3.8) is 0 Å². The van der Waals surface area contributed by atoms with E-state index in [4.69, 9.17) is 4.74 Å². The van der Waals surface area contributed by atoms with Gasteiger partial charge in [-0.05, 0) is 67.6 Å². The number of rotatable bonds is 9. The zero-order valence-corrected chi connectivity index (χ0v) is 16.3. The number of carbonyl (C=O) groups excluding carboxylic acids is 2. The standard InChI is InChI=1S/C23H25FN2O3/c24-18-5-11-21(12-6-18)29-14-13-22(27)26(20-9-10-20)15-16-1-3-17(4-2-16)23(28)25-19-7-8-19/h1-6,11-12,19-20H,7-10,13-15H2,(H,25,28). The van der Waals surface area contributed by atoms with Gasteiger partial charge in [0.2, 0.25) is 5.91 Å². The molecule has 152 valence electrons. The van der Waals surface area contributed by atoms with Crippen LogP contribution in [0.2, 0.25) is 0 Å². The monoisotopic (exact) mass is 396 g/mol. The quantitative estimate of drug-likeness (QED) is 0.704. The maximum Gasteiger partial charge on any atom is 0.251 e. The number of benzene rings is 2. The Morgan fingerprint density at radius 1 is 1.00 bits per heavy atom. The van der Waals surface area contributed by atoms with Crippen molar-refractivity contribution in [2.24, 2.45) is 0 Å². The van der Waals surface area contributed by atoms with Gasteiger partial charge in [0, 0.05) is 24.2 Å². The van der Waals surface area contributed by atoms with Crippen LogP contribution < -0.4 is 10.1 Å². The van der Waals surface area contributed by atoms with E-state index in [-0.39, 0.29) is 36.7 Å². The minimum absolute atomic E-state index is 0.0351. The largest absolute Gasteiger partial charge is 0.493 e. The van der Waals surface area contributed by atoms with Gasteiger partial charge in [0.25, 0.3) is 5.91 Å². The summed E-state index contributed by atoms with van der Waals surface area (Å²) in [5.41, 5.74) is 1.66. The fourth-order valence-corrected chi connectivity index (χ4v) is 3.19. The van der Waals surface area contributed by atoms with E-state index in [0.29, 0.717) is 23.9 Å². The summed E-state index contributed by atoms with van der Waals surface area (Å²) >= 11 is 0. The van der Waals surface area contributed by atoms with Crippen LogP contribution in [0.4, 0.5) is 4.39 Å². The molecule has 2 aromatic rings. The van der Waals surface area contributed by atoms with Crippen LogP contribution in [0.1, 0.15) is 48.0 Å². The summed E-state index contributed by atoms with van der Waals surface area (Å²) in [6.45, 7) is 0.790. The molecular formula is C23H25FN2O3. The molecule has 2 amide bonds. The molecule has 0 atom stereocenters. The first-order valence-corrected chi connectivity index (χ1v) is 10.2. The Hall–Kier alpha value is -2.89. The van der Waals surface area contributed by atoms with Gasteiger partial charge in [0.15, 0.2) is 0 Å². The van der Waals surface area contributed by atoms with Gasteiger partial charge < -0.3 is 15.0 Å². The molecule has 0 unspecified atom stereocenters. The van der Waals surface area contributed by atoms with Crippen molar-refractivity contribution in [2.75, 3.05) is 6.61 Å². The van der Waals surface area contributed by atoms with Crippen LogP contribution in [0.3, 0.4) is 0 Å². The average molecular weight is 396 g/mol. The molecule has 0 aliphatic heterocycles. The Balaban J connectivity index is 1.29. The second-order valence-corrected chi connectivity index (χ2v) is 7.75. The van der Waals surface area contributed by atoms with Gasteiger partial charge in [0.05, 0.1) is 13.0 Å². The molecule has 29 heavy (non-hydrogen) atoms. The van der Waals surface area contributed by atoms with E-state index < -0.39 is 0 Å². The molecule has 6 heteroatoms. The number of nitrogens with one attached hydrogen (secondary N) is 1. The minimum atomic E-state index is -0.315. The average Bonchev–Trinajstić information content (AvgIpc) is 3.63. The molecule has 0 aromatic heterocycles. The highest BCUT2D eigenvalue weighted by Crippen LogP contribution is 2.29. The Morgan fingerprint density at radius 3 is 2.31 bits per heavy atom. The van der Waals surface area contributed by atoms with Gasteiger partial charge in [-0.3, -0.25) is 9.59 Å². The van der Waals surface area contributed by atoms with Crippen molar-refractivity contribution < 1.29 is 18.7 Å². The summed E-state index contributed by atoms with van der Waals surface area (Å²) in [5.74, 6) is 0.249. The van der Waals surface area contributed by atoms with Crippen LogP contribution in [0, 0.1) is 5.82 Å². The topological polar surface area (TPSA) is 58.6 Å². The number of halogens is 1.